The summed E-state index contributed by atoms with van der Waals surface area (Å²) in [4.78, 5) is 13.3. The molecule has 0 unspecified atom stereocenters. The molecule has 0 fully saturated rings. The third-order valence-corrected chi connectivity index (χ3v) is 1.95. The van der Waals surface area contributed by atoms with Gasteiger partial charge in [-0.3, -0.25) is 10.1 Å². The van der Waals surface area contributed by atoms with Crippen LogP contribution in [0.4, 0.5) is 14.5 Å². The number of alkyl halides is 2. The van der Waals surface area contributed by atoms with E-state index in [2.05, 4.69) is 9.72 Å². The fourth-order valence-corrected chi connectivity index (χ4v) is 1.22. The van der Waals surface area contributed by atoms with Gasteiger partial charge in [-0.2, -0.15) is 5.26 Å². The molecule has 0 saturated carbocycles. The van der Waals surface area contributed by atoms with Crippen molar-refractivity contribution in [3.05, 3.63) is 27.4 Å². The summed E-state index contributed by atoms with van der Waals surface area (Å²) in [7, 11) is 1.13. The summed E-state index contributed by atoms with van der Waals surface area (Å²) in [6.07, 6.45) is -3.30. The van der Waals surface area contributed by atoms with E-state index < -0.39 is 22.6 Å². The van der Waals surface area contributed by atoms with Gasteiger partial charge in [-0.05, 0) is 0 Å². The highest BCUT2D eigenvalue weighted by Gasteiger charge is 2.24. The smallest absolute Gasteiger partial charge is 0.331 e. The summed E-state index contributed by atoms with van der Waals surface area (Å²) >= 11 is 0. The van der Waals surface area contributed by atoms with E-state index in [1.54, 1.807) is 6.07 Å². The highest BCUT2D eigenvalue weighted by Crippen LogP contribution is 2.32. The van der Waals surface area contributed by atoms with Crippen molar-refractivity contribution in [1.29, 1.82) is 5.26 Å². The number of rotatable bonds is 4. The first kappa shape index (κ1) is 12.8. The fraction of sp³-hybridized carbons (Fsp3) is 0.333. The molecule has 0 atom stereocenters. The molecule has 0 aliphatic carbocycles. The summed E-state index contributed by atoms with van der Waals surface area (Å²) in [6.45, 7) is 0. The van der Waals surface area contributed by atoms with Gasteiger partial charge in [0.1, 0.15) is 0 Å². The third kappa shape index (κ3) is 2.63. The van der Waals surface area contributed by atoms with Crippen molar-refractivity contribution in [3.8, 4) is 11.9 Å². The molecule has 8 heteroatoms. The predicted octanol–water partition coefficient (Wildman–Crippen LogP) is 2.00. The molecule has 1 aromatic heterocycles. The van der Waals surface area contributed by atoms with Crippen LogP contribution in [0.25, 0.3) is 0 Å². The topological polar surface area (TPSA) is 89.0 Å². The quantitative estimate of drug-likeness (QED) is 0.596. The molecule has 1 aromatic rings. The molecule has 0 aliphatic rings. The average Bonchev–Trinajstić information content (AvgIpc) is 2.28. The number of hydrogen-bond acceptors (Lipinski definition) is 5. The second-order valence-electron chi connectivity index (χ2n) is 2.95. The Morgan fingerprint density at radius 2 is 2.35 bits per heavy atom. The number of hydrogen-bond donors (Lipinski definition) is 0. The van der Waals surface area contributed by atoms with Crippen LogP contribution < -0.4 is 4.74 Å². The number of pyridine rings is 1. The van der Waals surface area contributed by atoms with E-state index in [0.717, 1.165) is 7.11 Å². The van der Waals surface area contributed by atoms with Crippen LogP contribution in [0.15, 0.2) is 6.07 Å². The zero-order chi connectivity index (χ0) is 13.0. The SMILES string of the molecule is COc1nc(CC#N)c(C(F)F)cc1[N+](=O)[O-]. The number of ether oxygens (including phenoxy) is 1. The van der Waals surface area contributed by atoms with Gasteiger partial charge in [-0.25, -0.2) is 13.8 Å². The first-order valence-corrected chi connectivity index (χ1v) is 4.38. The second kappa shape index (κ2) is 5.16. The Hall–Kier alpha value is -2.30. The van der Waals surface area contributed by atoms with Crippen molar-refractivity contribution >= 4 is 5.69 Å². The maximum atomic E-state index is 12.6. The third-order valence-electron chi connectivity index (χ3n) is 1.95. The van der Waals surface area contributed by atoms with Gasteiger partial charge in [-0.15, -0.1) is 0 Å². The molecule has 0 spiro atoms. The first-order valence-electron chi connectivity index (χ1n) is 4.38. The second-order valence-corrected chi connectivity index (χ2v) is 2.95. The van der Waals surface area contributed by atoms with E-state index in [0.29, 0.717) is 6.07 Å². The molecule has 0 bridgehead atoms. The van der Waals surface area contributed by atoms with Crippen LogP contribution in [-0.2, 0) is 6.42 Å². The normalized spacial score (nSPS) is 10.1. The molecule has 0 aromatic carbocycles. The minimum Gasteiger partial charge on any atom is -0.476 e. The van der Waals surface area contributed by atoms with Crippen molar-refractivity contribution in [3.63, 3.8) is 0 Å². The molecule has 1 rings (SSSR count). The van der Waals surface area contributed by atoms with Crippen molar-refractivity contribution in [1.82, 2.24) is 4.98 Å². The minimum absolute atomic E-state index is 0.218. The lowest BCUT2D eigenvalue weighted by molar-refractivity contribution is -0.386. The number of aromatic nitrogens is 1. The summed E-state index contributed by atoms with van der Waals surface area (Å²) in [5.41, 5.74) is -1.49. The van der Waals surface area contributed by atoms with Crippen LogP contribution in [0, 0.1) is 21.4 Å². The standard InChI is InChI=1S/C9H7F2N3O3/c1-17-9-7(14(15)16)4-5(8(10)11)6(13-9)2-3-12/h4,8H,2H2,1H3. The molecular weight excluding hydrogens is 236 g/mol. The maximum absolute atomic E-state index is 12.6. The zero-order valence-corrected chi connectivity index (χ0v) is 8.68. The molecule has 0 saturated heterocycles. The Balaban J connectivity index is 3.43. The van der Waals surface area contributed by atoms with Crippen LogP contribution in [0.3, 0.4) is 0 Å². The first-order chi connectivity index (χ1) is 8.01. The number of nitro groups is 1. The molecule has 1 heterocycles. The van der Waals surface area contributed by atoms with Crippen molar-refractivity contribution in [2.45, 2.75) is 12.8 Å². The lowest BCUT2D eigenvalue weighted by Crippen LogP contribution is -2.04. The van der Waals surface area contributed by atoms with Gasteiger partial charge >= 0.3 is 5.69 Å². The van der Waals surface area contributed by atoms with Crippen LogP contribution >= 0.6 is 0 Å². The summed E-state index contributed by atoms with van der Waals surface area (Å²) in [6, 6.07) is 2.34. The minimum atomic E-state index is -2.93. The molecule has 17 heavy (non-hydrogen) atoms. The number of nitriles is 1. The number of methoxy groups -OCH3 is 1. The van der Waals surface area contributed by atoms with Gasteiger partial charge in [0.05, 0.1) is 30.2 Å². The fourth-order valence-electron chi connectivity index (χ4n) is 1.22. The van der Waals surface area contributed by atoms with Crippen molar-refractivity contribution < 1.29 is 18.4 Å². The monoisotopic (exact) mass is 243 g/mol. The van der Waals surface area contributed by atoms with E-state index in [-0.39, 0.29) is 18.0 Å². The van der Waals surface area contributed by atoms with E-state index >= 15 is 0 Å². The molecule has 6 nitrogen and oxygen atoms in total. The Labute approximate surface area is 94.6 Å². The Bertz CT molecular complexity index is 485. The predicted molar refractivity (Wildman–Crippen MR) is 51.7 cm³/mol. The highest BCUT2D eigenvalue weighted by molar-refractivity contribution is 5.46. The number of halogens is 2. The molecule has 0 aliphatic heterocycles. The molecule has 0 N–H and O–H groups in total. The van der Waals surface area contributed by atoms with Gasteiger partial charge in [0, 0.05) is 11.6 Å². The summed E-state index contributed by atoms with van der Waals surface area (Å²) < 4.78 is 29.9. The van der Waals surface area contributed by atoms with Gasteiger partial charge < -0.3 is 4.74 Å². The van der Waals surface area contributed by atoms with Gasteiger partial charge in [0.15, 0.2) is 0 Å². The lowest BCUT2D eigenvalue weighted by Gasteiger charge is -2.07. The Morgan fingerprint density at radius 1 is 1.71 bits per heavy atom. The van der Waals surface area contributed by atoms with E-state index in [9.17, 15) is 18.9 Å². The van der Waals surface area contributed by atoms with Gasteiger partial charge in [0.2, 0.25) is 0 Å². The van der Waals surface area contributed by atoms with E-state index in [4.69, 9.17) is 5.26 Å². The largest absolute Gasteiger partial charge is 0.476 e. The van der Waals surface area contributed by atoms with Crippen molar-refractivity contribution in [2.75, 3.05) is 7.11 Å². The van der Waals surface area contributed by atoms with E-state index in [1.807, 2.05) is 0 Å². The average molecular weight is 243 g/mol. The molecule has 0 amide bonds. The van der Waals surface area contributed by atoms with E-state index in [1.165, 1.54) is 0 Å². The maximum Gasteiger partial charge on any atom is 0.331 e. The van der Waals surface area contributed by atoms with Crippen LogP contribution in [0.5, 0.6) is 5.88 Å². The summed E-state index contributed by atoms with van der Waals surface area (Å²) in [5.74, 6) is -0.385. The zero-order valence-electron chi connectivity index (χ0n) is 8.68. The molecular formula is C9H7F2N3O3. The van der Waals surface area contributed by atoms with Gasteiger partial charge in [-0.1, -0.05) is 0 Å². The van der Waals surface area contributed by atoms with Crippen molar-refractivity contribution in [2.24, 2.45) is 0 Å². The van der Waals surface area contributed by atoms with Crippen LogP contribution in [-0.4, -0.2) is 17.0 Å². The highest BCUT2D eigenvalue weighted by atomic mass is 19.3. The Morgan fingerprint density at radius 3 is 2.76 bits per heavy atom. The molecule has 90 valence electrons. The van der Waals surface area contributed by atoms with Crippen LogP contribution in [0.1, 0.15) is 17.7 Å². The van der Waals surface area contributed by atoms with Gasteiger partial charge in [0.25, 0.3) is 12.3 Å². The Kier molecular flexibility index (Phi) is 3.87. The molecule has 0 radical (unpaired) electrons. The van der Waals surface area contributed by atoms with Crippen LogP contribution in [0.2, 0.25) is 0 Å². The summed E-state index contributed by atoms with van der Waals surface area (Å²) in [5, 5.41) is 19.1. The number of nitrogens with zero attached hydrogens (tertiary/aromatic N) is 3. The lowest BCUT2D eigenvalue weighted by atomic mass is 10.1.